The summed E-state index contributed by atoms with van der Waals surface area (Å²) >= 11 is 8.48. The Morgan fingerprint density at radius 1 is 1.15 bits per heavy atom. The van der Waals surface area contributed by atoms with Gasteiger partial charge in [-0.05, 0) is 30.0 Å². The SMILES string of the molecule is O=C(c1cnc(NCCCNS(=O)(=O)c2cccs2)s1)c1ccccc1Cl. The van der Waals surface area contributed by atoms with Gasteiger partial charge in [0.25, 0.3) is 0 Å². The predicted molar refractivity (Wildman–Crippen MR) is 110 cm³/mol. The van der Waals surface area contributed by atoms with Gasteiger partial charge < -0.3 is 5.32 Å². The highest BCUT2D eigenvalue weighted by Gasteiger charge is 2.16. The maximum absolute atomic E-state index is 12.5. The molecule has 0 aliphatic rings. The number of rotatable bonds is 9. The monoisotopic (exact) mass is 441 g/mol. The van der Waals surface area contributed by atoms with Crippen molar-refractivity contribution in [2.24, 2.45) is 0 Å². The molecule has 0 saturated heterocycles. The number of ketones is 1. The number of hydrogen-bond acceptors (Lipinski definition) is 7. The van der Waals surface area contributed by atoms with Crippen LogP contribution in [0, 0.1) is 0 Å². The minimum atomic E-state index is -3.43. The Morgan fingerprint density at radius 3 is 2.70 bits per heavy atom. The molecule has 2 N–H and O–H groups in total. The van der Waals surface area contributed by atoms with Crippen molar-refractivity contribution in [1.82, 2.24) is 9.71 Å². The number of aromatic nitrogens is 1. The third-order valence-corrected chi connectivity index (χ3v) is 7.67. The molecule has 2 aromatic heterocycles. The maximum atomic E-state index is 12.5. The summed E-state index contributed by atoms with van der Waals surface area (Å²) in [4.78, 5) is 17.1. The van der Waals surface area contributed by atoms with Gasteiger partial charge in [0.15, 0.2) is 5.13 Å². The van der Waals surface area contributed by atoms with Crippen molar-refractivity contribution in [3.05, 3.63) is 63.4 Å². The minimum Gasteiger partial charge on any atom is -0.361 e. The van der Waals surface area contributed by atoms with E-state index in [0.29, 0.717) is 44.3 Å². The van der Waals surface area contributed by atoms with Crippen LogP contribution in [0.5, 0.6) is 0 Å². The van der Waals surface area contributed by atoms with E-state index in [-0.39, 0.29) is 5.78 Å². The number of benzene rings is 1. The molecular formula is C17H16ClN3O3S3. The van der Waals surface area contributed by atoms with Crippen molar-refractivity contribution in [3.8, 4) is 0 Å². The maximum Gasteiger partial charge on any atom is 0.250 e. The summed E-state index contributed by atoms with van der Waals surface area (Å²) in [6.45, 7) is 0.838. The van der Waals surface area contributed by atoms with Crippen LogP contribution >= 0.6 is 34.3 Å². The molecule has 0 amide bonds. The minimum absolute atomic E-state index is 0.171. The number of carbonyl (C=O) groups is 1. The van der Waals surface area contributed by atoms with Crippen LogP contribution in [-0.2, 0) is 10.0 Å². The molecule has 3 aromatic rings. The fraction of sp³-hybridized carbons (Fsp3) is 0.176. The number of anilines is 1. The van der Waals surface area contributed by atoms with E-state index < -0.39 is 10.0 Å². The number of sulfonamides is 1. The van der Waals surface area contributed by atoms with Crippen LogP contribution in [0.4, 0.5) is 5.13 Å². The zero-order valence-corrected chi connectivity index (χ0v) is 17.2. The Labute approximate surface area is 170 Å². The highest BCUT2D eigenvalue weighted by Crippen LogP contribution is 2.24. The molecule has 6 nitrogen and oxygen atoms in total. The number of nitrogens with zero attached hydrogens (tertiary/aromatic N) is 1. The van der Waals surface area contributed by atoms with E-state index in [1.54, 1.807) is 41.8 Å². The standard InChI is InChI=1S/C17H16ClN3O3S3/c18-13-6-2-1-5-12(13)16(22)14-11-20-17(26-14)19-8-4-9-21-27(23,24)15-7-3-10-25-15/h1-3,5-7,10-11,21H,4,8-9H2,(H,19,20). The quantitative estimate of drug-likeness (QED) is 0.388. The van der Waals surface area contributed by atoms with E-state index in [1.807, 2.05) is 0 Å². The fourth-order valence-corrected chi connectivity index (χ4v) is 5.35. The average molecular weight is 442 g/mol. The van der Waals surface area contributed by atoms with Crippen LogP contribution in [-0.4, -0.2) is 32.3 Å². The molecule has 0 unspecified atom stereocenters. The van der Waals surface area contributed by atoms with Crippen molar-refractivity contribution >= 4 is 55.2 Å². The number of hydrogen-bond donors (Lipinski definition) is 2. The van der Waals surface area contributed by atoms with Crippen LogP contribution in [0.15, 0.2) is 52.2 Å². The number of halogens is 1. The largest absolute Gasteiger partial charge is 0.361 e. The molecule has 0 radical (unpaired) electrons. The first-order valence-electron chi connectivity index (χ1n) is 7.99. The third kappa shape index (κ3) is 5.14. The van der Waals surface area contributed by atoms with Crippen molar-refractivity contribution in [2.45, 2.75) is 10.6 Å². The van der Waals surface area contributed by atoms with Gasteiger partial charge in [0.05, 0.1) is 16.1 Å². The van der Waals surface area contributed by atoms with Gasteiger partial charge >= 0.3 is 0 Å². The summed E-state index contributed by atoms with van der Waals surface area (Å²) in [5, 5.41) is 5.83. The van der Waals surface area contributed by atoms with Gasteiger partial charge in [-0.2, -0.15) is 0 Å². The third-order valence-electron chi connectivity index (χ3n) is 3.53. The Balaban J connectivity index is 1.48. The van der Waals surface area contributed by atoms with Crippen molar-refractivity contribution in [3.63, 3.8) is 0 Å². The Kier molecular flexibility index (Phi) is 6.61. The number of thiophene rings is 1. The Morgan fingerprint density at radius 2 is 1.96 bits per heavy atom. The smallest absolute Gasteiger partial charge is 0.250 e. The van der Waals surface area contributed by atoms with Gasteiger partial charge in [-0.1, -0.05) is 41.1 Å². The molecule has 0 spiro atoms. The lowest BCUT2D eigenvalue weighted by Crippen LogP contribution is -2.25. The van der Waals surface area contributed by atoms with E-state index in [9.17, 15) is 13.2 Å². The number of carbonyl (C=O) groups excluding carboxylic acids is 1. The van der Waals surface area contributed by atoms with Crippen LogP contribution in [0.2, 0.25) is 5.02 Å². The fourth-order valence-electron chi connectivity index (χ4n) is 2.22. The first-order valence-corrected chi connectivity index (χ1v) is 11.6. The molecule has 0 aliphatic carbocycles. The molecule has 2 heterocycles. The van der Waals surface area contributed by atoms with Gasteiger partial charge in [0.1, 0.15) is 4.21 Å². The zero-order valence-electron chi connectivity index (χ0n) is 14.0. The molecule has 0 atom stereocenters. The normalized spacial score (nSPS) is 11.4. The highest BCUT2D eigenvalue weighted by molar-refractivity contribution is 7.91. The molecule has 3 rings (SSSR count). The molecule has 0 fully saturated rings. The van der Waals surface area contributed by atoms with Gasteiger partial charge in [0.2, 0.25) is 15.8 Å². The Bertz CT molecular complexity index is 1020. The lowest BCUT2D eigenvalue weighted by atomic mass is 10.1. The lowest BCUT2D eigenvalue weighted by molar-refractivity contribution is 0.104. The van der Waals surface area contributed by atoms with Crippen molar-refractivity contribution in [1.29, 1.82) is 0 Å². The van der Waals surface area contributed by atoms with E-state index in [0.717, 1.165) is 0 Å². The summed E-state index contributed by atoms with van der Waals surface area (Å²) in [6, 6.07) is 10.1. The molecule has 1 aromatic carbocycles. The molecule has 27 heavy (non-hydrogen) atoms. The second kappa shape index (κ2) is 8.94. The number of nitrogens with one attached hydrogen (secondary N) is 2. The Hall–Kier alpha value is -1.78. The van der Waals surface area contributed by atoms with Crippen molar-refractivity contribution in [2.75, 3.05) is 18.4 Å². The summed E-state index contributed by atoms with van der Waals surface area (Å²) in [7, 11) is -3.43. The van der Waals surface area contributed by atoms with Crippen LogP contribution in [0.3, 0.4) is 0 Å². The molecule has 0 saturated carbocycles. The average Bonchev–Trinajstić information content (AvgIpc) is 3.34. The van der Waals surface area contributed by atoms with Crippen LogP contribution in [0.25, 0.3) is 0 Å². The topological polar surface area (TPSA) is 88.2 Å². The van der Waals surface area contributed by atoms with Crippen LogP contribution < -0.4 is 10.0 Å². The molecule has 142 valence electrons. The lowest BCUT2D eigenvalue weighted by Gasteiger charge is -2.05. The van der Waals surface area contributed by atoms with E-state index in [2.05, 4.69) is 15.0 Å². The van der Waals surface area contributed by atoms with E-state index in [4.69, 9.17) is 11.6 Å². The van der Waals surface area contributed by atoms with Gasteiger partial charge in [-0.25, -0.2) is 18.1 Å². The second-order valence-electron chi connectivity index (χ2n) is 5.45. The van der Waals surface area contributed by atoms with Gasteiger partial charge in [-0.15, -0.1) is 11.3 Å². The summed E-state index contributed by atoms with van der Waals surface area (Å²) < 4.78 is 26.8. The summed E-state index contributed by atoms with van der Waals surface area (Å²) in [6.07, 6.45) is 2.09. The predicted octanol–water partition coefficient (Wildman–Crippen LogP) is 3.87. The van der Waals surface area contributed by atoms with Gasteiger partial charge in [-0.3, -0.25) is 4.79 Å². The van der Waals surface area contributed by atoms with E-state index >= 15 is 0 Å². The molecular weight excluding hydrogens is 426 g/mol. The van der Waals surface area contributed by atoms with Gasteiger partial charge in [0, 0.05) is 18.7 Å². The highest BCUT2D eigenvalue weighted by atomic mass is 35.5. The van der Waals surface area contributed by atoms with E-state index in [1.165, 1.54) is 28.9 Å². The van der Waals surface area contributed by atoms with Crippen molar-refractivity contribution < 1.29 is 13.2 Å². The number of thiazole rings is 1. The molecule has 0 bridgehead atoms. The first-order chi connectivity index (χ1) is 13.0. The summed E-state index contributed by atoms with van der Waals surface area (Å²) in [5.74, 6) is -0.171. The second-order valence-corrected chi connectivity index (χ2v) is 9.83. The van der Waals surface area contributed by atoms with Crippen LogP contribution in [0.1, 0.15) is 21.7 Å². The molecule has 0 aliphatic heterocycles. The summed E-state index contributed by atoms with van der Waals surface area (Å²) in [5.41, 5.74) is 0.442. The zero-order chi connectivity index (χ0) is 19.3. The first kappa shape index (κ1) is 20.0. The molecule has 10 heteroatoms.